The van der Waals surface area contributed by atoms with E-state index in [9.17, 15) is 13.2 Å². The van der Waals surface area contributed by atoms with Gasteiger partial charge in [-0.1, -0.05) is 12.1 Å². The van der Waals surface area contributed by atoms with Crippen LogP contribution in [0.5, 0.6) is 0 Å². The molecule has 0 aliphatic rings. The van der Waals surface area contributed by atoms with E-state index in [1.165, 1.54) is 18.0 Å². The van der Waals surface area contributed by atoms with Gasteiger partial charge in [-0.25, -0.2) is 8.42 Å². The summed E-state index contributed by atoms with van der Waals surface area (Å²) in [6.45, 7) is 1.83. The number of sulfone groups is 1. The number of rotatable bonds is 7. The molecule has 2 aromatic heterocycles. The average molecular weight is 498 g/mol. The fourth-order valence-electron chi connectivity index (χ4n) is 2.82. The Bertz CT molecular complexity index is 1150. The highest BCUT2D eigenvalue weighted by molar-refractivity contribution is 9.10. The first-order valence-electron chi connectivity index (χ1n) is 8.58. The minimum atomic E-state index is -3.30. The van der Waals surface area contributed by atoms with Gasteiger partial charge in [0.2, 0.25) is 0 Å². The molecule has 0 aliphatic carbocycles. The van der Waals surface area contributed by atoms with Gasteiger partial charge in [-0.3, -0.25) is 9.48 Å². The molecule has 0 saturated carbocycles. The van der Waals surface area contributed by atoms with Gasteiger partial charge in [0.1, 0.15) is 12.5 Å². The van der Waals surface area contributed by atoms with Gasteiger partial charge in [0, 0.05) is 11.9 Å². The van der Waals surface area contributed by atoms with Crippen LogP contribution in [-0.2, 0) is 25.9 Å². The number of aromatic nitrogens is 3. The highest BCUT2D eigenvalue weighted by Crippen LogP contribution is 2.32. The second-order valence-electron chi connectivity index (χ2n) is 6.41. The maximum absolute atomic E-state index is 12.1. The molecule has 0 amide bonds. The Kier molecular flexibility index (Phi) is 6.55. The Morgan fingerprint density at radius 2 is 2.00 bits per heavy atom. The molecular formula is C19H20BrN3O4S2. The third-order valence-electron chi connectivity index (χ3n) is 4.19. The van der Waals surface area contributed by atoms with Crippen LogP contribution in [0.3, 0.4) is 0 Å². The molecule has 0 atom stereocenters. The third-order valence-corrected chi connectivity index (χ3v) is 6.60. The van der Waals surface area contributed by atoms with Crippen LogP contribution in [0.2, 0.25) is 0 Å². The van der Waals surface area contributed by atoms with Crippen molar-refractivity contribution in [2.45, 2.75) is 18.4 Å². The van der Waals surface area contributed by atoms with Crippen LogP contribution in [0.4, 0.5) is 0 Å². The van der Waals surface area contributed by atoms with E-state index < -0.39 is 9.84 Å². The number of carbonyl (C=O) groups excluding carboxylic acids is 1. The first-order valence-corrected chi connectivity index (χ1v) is 12.7. The molecule has 10 heteroatoms. The number of hydrogen-bond acceptors (Lipinski definition) is 6. The maximum Gasteiger partial charge on any atom is 0.328 e. The number of aromatic amines is 1. The molecule has 0 aliphatic heterocycles. The Hall–Kier alpha value is -2.04. The second kappa shape index (κ2) is 8.76. The monoisotopic (exact) mass is 497 g/mol. The number of nitrogens with one attached hydrogen (secondary N) is 1. The lowest BCUT2D eigenvalue weighted by atomic mass is 10.2. The summed E-state index contributed by atoms with van der Waals surface area (Å²) >= 11 is 4.97. The van der Waals surface area contributed by atoms with E-state index >= 15 is 0 Å². The predicted molar refractivity (Wildman–Crippen MR) is 117 cm³/mol. The topological polar surface area (TPSA) is 94.1 Å². The van der Waals surface area contributed by atoms with E-state index in [1.54, 1.807) is 22.9 Å². The van der Waals surface area contributed by atoms with Crippen molar-refractivity contribution in [1.29, 1.82) is 0 Å². The van der Waals surface area contributed by atoms with Crippen LogP contribution in [0.25, 0.3) is 22.6 Å². The van der Waals surface area contributed by atoms with Gasteiger partial charge in [0.15, 0.2) is 9.84 Å². The highest BCUT2D eigenvalue weighted by atomic mass is 79.9. The summed E-state index contributed by atoms with van der Waals surface area (Å²) in [5.41, 5.74) is 3.71. The summed E-state index contributed by atoms with van der Waals surface area (Å²) in [7, 11) is -3.30. The van der Waals surface area contributed by atoms with Crippen LogP contribution in [-0.4, -0.2) is 47.6 Å². The lowest BCUT2D eigenvalue weighted by Crippen LogP contribution is -2.15. The fraction of sp³-hybridized carbons (Fsp3) is 0.263. The quantitative estimate of drug-likeness (QED) is 0.393. The SMILES string of the molecule is CSCOC(=O)Cn1nc(C)c(Br)c1-c1ccc(-c2cccc(S(C)(=O)=O)c2)[nH]1. The number of hydrogen-bond donors (Lipinski definition) is 1. The lowest BCUT2D eigenvalue weighted by Gasteiger charge is -2.07. The minimum absolute atomic E-state index is 0.0136. The number of benzene rings is 1. The molecule has 3 aromatic rings. The van der Waals surface area contributed by atoms with Gasteiger partial charge >= 0.3 is 5.97 Å². The van der Waals surface area contributed by atoms with Crippen molar-refractivity contribution in [3.05, 3.63) is 46.6 Å². The van der Waals surface area contributed by atoms with Crippen molar-refractivity contribution >= 4 is 43.5 Å². The number of thioether (sulfide) groups is 1. The van der Waals surface area contributed by atoms with Crippen molar-refractivity contribution < 1.29 is 17.9 Å². The van der Waals surface area contributed by atoms with Crippen LogP contribution in [0.15, 0.2) is 45.8 Å². The number of esters is 1. The minimum Gasteiger partial charge on any atom is -0.453 e. The molecule has 7 nitrogen and oxygen atoms in total. The standard InChI is InChI=1S/C19H20BrN3O4S2/c1-12-18(20)19(23(22-12)10-17(24)27-11-28-2)16-8-7-15(21-16)13-5-4-6-14(9-13)29(3,25)26/h4-9,21H,10-11H2,1-3H3. The zero-order valence-electron chi connectivity index (χ0n) is 16.1. The Morgan fingerprint density at radius 1 is 1.28 bits per heavy atom. The number of carbonyl (C=O) groups is 1. The van der Waals surface area contributed by atoms with E-state index in [1.807, 2.05) is 31.4 Å². The summed E-state index contributed by atoms with van der Waals surface area (Å²) in [5.74, 6) is -0.0814. The Labute approximate surface area is 181 Å². The fourth-order valence-corrected chi connectivity index (χ4v) is 4.23. The Morgan fingerprint density at radius 3 is 2.69 bits per heavy atom. The van der Waals surface area contributed by atoms with Crippen molar-refractivity contribution in [3.8, 4) is 22.6 Å². The molecule has 3 rings (SSSR count). The van der Waals surface area contributed by atoms with Gasteiger partial charge in [-0.2, -0.15) is 5.10 Å². The molecule has 1 N–H and O–H groups in total. The van der Waals surface area contributed by atoms with Gasteiger partial charge in [-0.05, 0) is 58.9 Å². The average Bonchev–Trinajstić information content (AvgIpc) is 3.24. The number of halogens is 1. The van der Waals surface area contributed by atoms with E-state index in [-0.39, 0.29) is 17.4 Å². The van der Waals surface area contributed by atoms with Crippen LogP contribution in [0.1, 0.15) is 5.69 Å². The van der Waals surface area contributed by atoms with Crippen LogP contribution in [0, 0.1) is 6.92 Å². The van der Waals surface area contributed by atoms with Gasteiger partial charge in [0.05, 0.1) is 26.4 Å². The first-order chi connectivity index (χ1) is 13.7. The van der Waals surface area contributed by atoms with Crippen LogP contribution < -0.4 is 0 Å². The van der Waals surface area contributed by atoms with Gasteiger partial charge in [-0.15, -0.1) is 11.8 Å². The van der Waals surface area contributed by atoms with Crippen molar-refractivity contribution in [2.24, 2.45) is 0 Å². The van der Waals surface area contributed by atoms with Gasteiger partial charge in [0.25, 0.3) is 0 Å². The lowest BCUT2D eigenvalue weighted by molar-refractivity contribution is -0.142. The molecule has 2 heterocycles. The molecule has 0 radical (unpaired) electrons. The van der Waals surface area contributed by atoms with E-state index in [2.05, 4.69) is 26.0 Å². The summed E-state index contributed by atoms with van der Waals surface area (Å²) in [6.07, 6.45) is 3.04. The molecule has 29 heavy (non-hydrogen) atoms. The van der Waals surface area contributed by atoms with Crippen molar-refractivity contribution in [1.82, 2.24) is 14.8 Å². The molecule has 0 saturated heterocycles. The summed E-state index contributed by atoms with van der Waals surface area (Å²) in [4.78, 5) is 15.6. The molecule has 0 unspecified atom stereocenters. The largest absolute Gasteiger partial charge is 0.453 e. The summed E-state index contributed by atoms with van der Waals surface area (Å²) in [6, 6.07) is 10.5. The molecular weight excluding hydrogens is 478 g/mol. The molecule has 154 valence electrons. The van der Waals surface area contributed by atoms with Crippen LogP contribution >= 0.6 is 27.7 Å². The number of aryl methyl sites for hydroxylation is 1. The Balaban J connectivity index is 1.96. The zero-order valence-corrected chi connectivity index (χ0v) is 19.3. The molecule has 0 bridgehead atoms. The molecule has 0 fully saturated rings. The highest BCUT2D eigenvalue weighted by Gasteiger charge is 2.19. The van der Waals surface area contributed by atoms with E-state index in [0.29, 0.717) is 11.6 Å². The smallest absolute Gasteiger partial charge is 0.328 e. The first kappa shape index (κ1) is 21.7. The predicted octanol–water partition coefficient (Wildman–Crippen LogP) is 3.88. The number of ether oxygens (including phenoxy) is 1. The molecule has 0 spiro atoms. The third kappa shape index (κ3) is 4.93. The second-order valence-corrected chi connectivity index (χ2v) is 10.0. The van der Waals surface area contributed by atoms with Crippen molar-refractivity contribution in [2.75, 3.05) is 18.5 Å². The molecule has 1 aromatic carbocycles. The number of H-pyrrole nitrogens is 1. The van der Waals surface area contributed by atoms with E-state index in [0.717, 1.165) is 27.1 Å². The van der Waals surface area contributed by atoms with Crippen molar-refractivity contribution in [3.63, 3.8) is 0 Å². The number of nitrogens with zero attached hydrogens (tertiary/aromatic N) is 2. The maximum atomic E-state index is 12.1. The van der Waals surface area contributed by atoms with E-state index in [4.69, 9.17) is 4.74 Å². The van der Waals surface area contributed by atoms with Gasteiger partial charge < -0.3 is 9.72 Å². The summed E-state index contributed by atoms with van der Waals surface area (Å²) in [5, 5.41) is 4.43. The zero-order chi connectivity index (χ0) is 21.2. The summed E-state index contributed by atoms with van der Waals surface area (Å²) < 4.78 is 31.2. The normalized spacial score (nSPS) is 11.6.